The number of amides is 1. The molecular weight excluding hydrogens is 223 g/mol. The van der Waals surface area contributed by atoms with E-state index in [1.807, 2.05) is 0 Å². The second-order valence-electron chi connectivity index (χ2n) is 3.30. The van der Waals surface area contributed by atoms with Crippen molar-refractivity contribution in [3.63, 3.8) is 0 Å². The summed E-state index contributed by atoms with van der Waals surface area (Å²) in [4.78, 5) is 18.5. The third-order valence-electron chi connectivity index (χ3n) is 2.24. The van der Waals surface area contributed by atoms with Gasteiger partial charge in [-0.3, -0.25) is 10.1 Å². The Bertz CT molecular complexity index is 524. The highest BCUT2D eigenvalue weighted by Gasteiger charge is 2.14. The average molecular weight is 234 g/mol. The van der Waals surface area contributed by atoms with Crippen LogP contribution in [0.5, 0.6) is 0 Å². The minimum atomic E-state index is -0.473. The molecule has 2 aromatic rings. The van der Waals surface area contributed by atoms with Gasteiger partial charge >= 0.3 is 0 Å². The Kier molecular flexibility index (Phi) is 3.04. The number of carbonyl (C=O) groups is 1. The monoisotopic (exact) mass is 234 g/mol. The summed E-state index contributed by atoms with van der Waals surface area (Å²) in [5, 5.41) is 5.19. The maximum absolute atomic E-state index is 13.4. The quantitative estimate of drug-likeness (QED) is 0.759. The van der Waals surface area contributed by atoms with E-state index in [1.165, 1.54) is 24.4 Å². The molecule has 0 atom stereocenters. The van der Waals surface area contributed by atoms with E-state index in [4.69, 9.17) is 0 Å². The molecule has 0 unspecified atom stereocenters. The van der Waals surface area contributed by atoms with Gasteiger partial charge in [0.15, 0.2) is 0 Å². The highest BCUT2D eigenvalue weighted by Crippen LogP contribution is 2.19. The van der Waals surface area contributed by atoms with E-state index in [-0.39, 0.29) is 11.3 Å². The lowest BCUT2D eigenvalue weighted by molar-refractivity contribution is 0.102. The minimum Gasteiger partial charge on any atom is -0.385 e. The average Bonchev–Trinajstić information content (AvgIpc) is 2.81. The number of H-pyrrole nitrogens is 1. The number of para-hydroxylation sites is 1. The van der Waals surface area contributed by atoms with Gasteiger partial charge in [0.05, 0.1) is 11.3 Å². The third kappa shape index (κ3) is 2.25. The highest BCUT2D eigenvalue weighted by molar-refractivity contribution is 6.07. The molecule has 17 heavy (non-hydrogen) atoms. The van der Waals surface area contributed by atoms with Crippen molar-refractivity contribution in [1.29, 1.82) is 0 Å². The van der Waals surface area contributed by atoms with Gasteiger partial charge in [-0.2, -0.15) is 0 Å². The molecule has 0 saturated heterocycles. The molecule has 0 aliphatic rings. The molecule has 2 rings (SSSR count). The zero-order valence-corrected chi connectivity index (χ0v) is 9.12. The van der Waals surface area contributed by atoms with E-state index < -0.39 is 11.7 Å². The van der Waals surface area contributed by atoms with Crippen molar-refractivity contribution in [2.75, 3.05) is 17.7 Å². The minimum absolute atomic E-state index is 0.163. The van der Waals surface area contributed by atoms with E-state index in [9.17, 15) is 9.18 Å². The van der Waals surface area contributed by atoms with E-state index in [1.54, 1.807) is 13.2 Å². The van der Waals surface area contributed by atoms with Gasteiger partial charge in [0, 0.05) is 19.4 Å². The number of hydrogen-bond acceptors (Lipinski definition) is 3. The maximum Gasteiger partial charge on any atom is 0.260 e. The lowest BCUT2D eigenvalue weighted by Gasteiger charge is -2.09. The number of nitrogens with zero attached hydrogens (tertiary/aromatic N) is 1. The molecule has 0 saturated carbocycles. The normalized spacial score (nSPS) is 10.0. The van der Waals surface area contributed by atoms with Gasteiger partial charge in [0.1, 0.15) is 5.82 Å². The molecule has 1 amide bonds. The number of halogens is 1. The predicted molar refractivity (Wildman–Crippen MR) is 62.5 cm³/mol. The van der Waals surface area contributed by atoms with Crippen molar-refractivity contribution >= 4 is 17.5 Å². The Hall–Kier alpha value is -2.37. The molecule has 6 heteroatoms. The maximum atomic E-state index is 13.4. The zero-order chi connectivity index (χ0) is 12.3. The molecule has 0 bridgehead atoms. The fourth-order valence-corrected chi connectivity index (χ4v) is 1.48. The van der Waals surface area contributed by atoms with Crippen LogP contribution in [0.2, 0.25) is 0 Å². The van der Waals surface area contributed by atoms with Crippen LogP contribution in [-0.2, 0) is 0 Å². The van der Waals surface area contributed by atoms with Crippen molar-refractivity contribution < 1.29 is 9.18 Å². The Balaban J connectivity index is 2.28. The number of carbonyl (C=O) groups excluding carboxylic acids is 1. The number of aromatic nitrogens is 2. The van der Waals surface area contributed by atoms with Crippen LogP contribution in [0.4, 0.5) is 16.0 Å². The van der Waals surface area contributed by atoms with Crippen LogP contribution in [0, 0.1) is 5.82 Å². The van der Waals surface area contributed by atoms with E-state index in [0.29, 0.717) is 5.95 Å². The van der Waals surface area contributed by atoms with Crippen molar-refractivity contribution in [3.8, 4) is 0 Å². The number of hydrogen-bond donors (Lipinski definition) is 3. The Morgan fingerprint density at radius 3 is 2.94 bits per heavy atom. The topological polar surface area (TPSA) is 69.8 Å². The standard InChI is InChI=1S/C11H11FN4O/c1-13-9-7(3-2-4-8(9)12)10(17)16-11-14-5-6-15-11/h2-6,13H,1H3,(H2,14,15,16,17). The van der Waals surface area contributed by atoms with Crippen molar-refractivity contribution in [1.82, 2.24) is 9.97 Å². The Morgan fingerprint density at radius 1 is 1.47 bits per heavy atom. The molecule has 0 radical (unpaired) electrons. The fraction of sp³-hybridized carbons (Fsp3) is 0.0909. The van der Waals surface area contributed by atoms with Crippen LogP contribution in [0.3, 0.4) is 0 Å². The first kappa shape index (κ1) is 11.1. The van der Waals surface area contributed by atoms with E-state index in [0.717, 1.165) is 0 Å². The Morgan fingerprint density at radius 2 is 2.29 bits per heavy atom. The predicted octanol–water partition coefficient (Wildman–Crippen LogP) is 1.84. The smallest absolute Gasteiger partial charge is 0.260 e. The highest BCUT2D eigenvalue weighted by atomic mass is 19.1. The molecule has 0 aliphatic carbocycles. The van der Waals surface area contributed by atoms with Gasteiger partial charge in [-0.1, -0.05) is 6.07 Å². The molecular formula is C11H11FN4O. The first-order chi connectivity index (χ1) is 8.22. The van der Waals surface area contributed by atoms with Crippen LogP contribution in [-0.4, -0.2) is 22.9 Å². The summed E-state index contributed by atoms with van der Waals surface area (Å²) in [5.74, 6) is -0.579. The molecule has 88 valence electrons. The zero-order valence-electron chi connectivity index (χ0n) is 9.12. The van der Waals surface area contributed by atoms with Crippen LogP contribution in [0.15, 0.2) is 30.6 Å². The second-order valence-corrected chi connectivity index (χ2v) is 3.30. The number of rotatable bonds is 3. The fourth-order valence-electron chi connectivity index (χ4n) is 1.48. The van der Waals surface area contributed by atoms with Crippen LogP contribution < -0.4 is 10.6 Å². The number of nitrogens with one attached hydrogen (secondary N) is 3. The molecule has 3 N–H and O–H groups in total. The molecule has 1 aromatic carbocycles. The van der Waals surface area contributed by atoms with Crippen molar-refractivity contribution in [2.24, 2.45) is 0 Å². The van der Waals surface area contributed by atoms with Gasteiger partial charge in [0.2, 0.25) is 5.95 Å². The summed E-state index contributed by atoms with van der Waals surface area (Å²) < 4.78 is 13.4. The van der Waals surface area contributed by atoms with Gasteiger partial charge in [-0.15, -0.1) is 0 Å². The number of aromatic amines is 1. The number of imidazole rings is 1. The van der Waals surface area contributed by atoms with Crippen LogP contribution in [0.1, 0.15) is 10.4 Å². The summed E-state index contributed by atoms with van der Waals surface area (Å²) in [6.07, 6.45) is 3.10. The van der Waals surface area contributed by atoms with Gasteiger partial charge in [-0.25, -0.2) is 9.37 Å². The lowest BCUT2D eigenvalue weighted by atomic mass is 10.1. The first-order valence-corrected chi connectivity index (χ1v) is 4.99. The molecule has 1 aromatic heterocycles. The number of benzene rings is 1. The molecule has 0 aliphatic heterocycles. The molecule has 1 heterocycles. The summed E-state index contributed by atoms with van der Waals surface area (Å²) in [7, 11) is 1.56. The van der Waals surface area contributed by atoms with E-state index >= 15 is 0 Å². The second kappa shape index (κ2) is 4.65. The molecule has 0 spiro atoms. The number of anilines is 2. The molecule has 0 fully saturated rings. The molecule has 5 nitrogen and oxygen atoms in total. The van der Waals surface area contributed by atoms with Gasteiger partial charge < -0.3 is 10.3 Å². The summed E-state index contributed by atoms with van der Waals surface area (Å²) >= 11 is 0. The first-order valence-electron chi connectivity index (χ1n) is 4.99. The SMILES string of the molecule is CNc1c(F)cccc1C(=O)Nc1ncc[nH]1. The Labute approximate surface area is 97.1 Å². The summed E-state index contributed by atoms with van der Waals surface area (Å²) in [6.45, 7) is 0. The van der Waals surface area contributed by atoms with Crippen molar-refractivity contribution in [2.45, 2.75) is 0 Å². The summed E-state index contributed by atoms with van der Waals surface area (Å²) in [5.41, 5.74) is 0.389. The largest absolute Gasteiger partial charge is 0.385 e. The van der Waals surface area contributed by atoms with Crippen molar-refractivity contribution in [3.05, 3.63) is 42.0 Å². The van der Waals surface area contributed by atoms with Crippen LogP contribution in [0.25, 0.3) is 0 Å². The van der Waals surface area contributed by atoms with Gasteiger partial charge in [-0.05, 0) is 12.1 Å². The lowest BCUT2D eigenvalue weighted by Crippen LogP contribution is -2.15. The third-order valence-corrected chi connectivity index (χ3v) is 2.24. The van der Waals surface area contributed by atoms with Crippen LogP contribution >= 0.6 is 0 Å². The van der Waals surface area contributed by atoms with E-state index in [2.05, 4.69) is 20.6 Å². The summed E-state index contributed by atoms with van der Waals surface area (Å²) in [6, 6.07) is 4.30. The van der Waals surface area contributed by atoms with Gasteiger partial charge in [0.25, 0.3) is 5.91 Å².